The van der Waals surface area contributed by atoms with E-state index in [0.29, 0.717) is 0 Å². The Morgan fingerprint density at radius 3 is 2.00 bits per heavy atom. The van der Waals surface area contributed by atoms with Crippen LogP contribution in [0.25, 0.3) is 16.7 Å². The van der Waals surface area contributed by atoms with Crippen LogP contribution >= 0.6 is 0 Å². The number of benzene rings is 2. The van der Waals surface area contributed by atoms with Crippen molar-refractivity contribution in [2.75, 3.05) is 0 Å². The normalized spacial score (nSPS) is 17.8. The fourth-order valence-electron chi connectivity index (χ4n) is 4.52. The molecule has 1 aliphatic rings. The highest BCUT2D eigenvalue weighted by molar-refractivity contribution is 5.77. The maximum Gasteiger partial charge on any atom is 0.303 e. The lowest BCUT2D eigenvalue weighted by atomic mass is 9.85. The minimum Gasteiger partial charge on any atom is -0.455 e. The van der Waals surface area contributed by atoms with E-state index < -0.39 is 5.60 Å². The third-order valence-electron chi connectivity index (χ3n) is 6.36. The van der Waals surface area contributed by atoms with Crippen molar-refractivity contribution in [3.63, 3.8) is 0 Å². The van der Waals surface area contributed by atoms with Crippen molar-refractivity contribution in [2.45, 2.75) is 83.7 Å². The smallest absolute Gasteiger partial charge is 0.303 e. The molecule has 0 spiro atoms. The third kappa shape index (κ3) is 7.22. The average Bonchev–Trinajstić information content (AvgIpc) is 2.82. The van der Waals surface area contributed by atoms with Crippen molar-refractivity contribution >= 4 is 11.5 Å². The molecule has 1 aliphatic carbocycles. The molecule has 0 saturated carbocycles. The highest BCUT2D eigenvalue weighted by Crippen LogP contribution is 2.34. The van der Waals surface area contributed by atoms with Gasteiger partial charge in [0.15, 0.2) is 0 Å². The molecule has 0 amide bonds. The zero-order chi connectivity index (χ0) is 22.7. The summed E-state index contributed by atoms with van der Waals surface area (Å²) in [6, 6.07) is 19.1. The molecule has 1 unspecified atom stereocenters. The summed E-state index contributed by atoms with van der Waals surface area (Å²) in [5, 5.41) is 0. The van der Waals surface area contributed by atoms with E-state index in [9.17, 15) is 4.79 Å². The lowest BCUT2D eigenvalue weighted by molar-refractivity contribution is -0.152. The summed E-state index contributed by atoms with van der Waals surface area (Å²) in [6.07, 6.45) is 18.4. The van der Waals surface area contributed by atoms with Gasteiger partial charge in [0.2, 0.25) is 0 Å². The number of unbranched alkanes of at least 4 members (excludes halogenated alkanes) is 7. The first kappa shape index (κ1) is 24.0. The molecule has 0 bridgehead atoms. The average molecular weight is 431 g/mol. The Balaban J connectivity index is 1.55. The highest BCUT2D eigenvalue weighted by Gasteiger charge is 2.31. The number of rotatable bonds is 12. The summed E-state index contributed by atoms with van der Waals surface area (Å²) in [4.78, 5) is 11.8. The minimum absolute atomic E-state index is 0.196. The van der Waals surface area contributed by atoms with Gasteiger partial charge in [0.25, 0.3) is 0 Å². The van der Waals surface area contributed by atoms with Gasteiger partial charge in [-0.3, -0.25) is 4.79 Å². The fraction of sp³-hybridized carbons (Fsp3) is 0.433. The Morgan fingerprint density at radius 2 is 1.41 bits per heavy atom. The molecule has 32 heavy (non-hydrogen) atoms. The minimum atomic E-state index is -0.485. The van der Waals surface area contributed by atoms with E-state index in [1.54, 1.807) is 0 Å². The predicted molar refractivity (Wildman–Crippen MR) is 135 cm³/mol. The highest BCUT2D eigenvalue weighted by atomic mass is 16.6. The molecule has 170 valence electrons. The van der Waals surface area contributed by atoms with Gasteiger partial charge in [-0.1, -0.05) is 119 Å². The summed E-state index contributed by atoms with van der Waals surface area (Å²) in [5.74, 6) is -0.196. The monoisotopic (exact) mass is 430 g/mol. The van der Waals surface area contributed by atoms with Crippen LogP contribution in [-0.2, 0) is 9.53 Å². The molecule has 0 radical (unpaired) electrons. The predicted octanol–water partition coefficient (Wildman–Crippen LogP) is 8.53. The lowest BCUT2D eigenvalue weighted by Crippen LogP contribution is -2.33. The van der Waals surface area contributed by atoms with E-state index in [4.69, 9.17) is 4.74 Å². The van der Waals surface area contributed by atoms with Gasteiger partial charge < -0.3 is 4.74 Å². The zero-order valence-corrected chi connectivity index (χ0v) is 19.8. The number of hydrogen-bond acceptors (Lipinski definition) is 2. The number of carbonyl (C=O) groups is 1. The Bertz CT molecular complexity index is 892. The zero-order valence-electron chi connectivity index (χ0n) is 19.8. The first-order chi connectivity index (χ1) is 15.6. The van der Waals surface area contributed by atoms with Crippen LogP contribution < -0.4 is 0 Å². The van der Waals surface area contributed by atoms with Gasteiger partial charge in [0, 0.05) is 13.3 Å². The van der Waals surface area contributed by atoms with Gasteiger partial charge in [0.1, 0.15) is 5.60 Å². The van der Waals surface area contributed by atoms with Crippen LogP contribution in [0.15, 0.2) is 72.8 Å². The van der Waals surface area contributed by atoms with Gasteiger partial charge in [0.05, 0.1) is 0 Å². The number of hydrogen-bond donors (Lipinski definition) is 0. The SMILES string of the molecule is CCCCCCCCCCC1(OC(C)=O)C=CC(c2ccc(-c3ccccc3)cc2)=CC1. The van der Waals surface area contributed by atoms with Crippen LogP contribution in [0.2, 0.25) is 0 Å². The van der Waals surface area contributed by atoms with Gasteiger partial charge in [-0.25, -0.2) is 0 Å². The summed E-state index contributed by atoms with van der Waals surface area (Å²) >= 11 is 0. The van der Waals surface area contributed by atoms with E-state index in [-0.39, 0.29) is 5.97 Å². The van der Waals surface area contributed by atoms with E-state index in [2.05, 4.69) is 73.7 Å². The lowest BCUT2D eigenvalue weighted by Gasteiger charge is -2.32. The third-order valence-corrected chi connectivity index (χ3v) is 6.36. The fourth-order valence-corrected chi connectivity index (χ4v) is 4.52. The van der Waals surface area contributed by atoms with Crippen LogP contribution in [0, 0.1) is 0 Å². The molecule has 0 aliphatic heterocycles. The second kappa shape index (κ2) is 12.4. The molecule has 0 N–H and O–H groups in total. The summed E-state index contributed by atoms with van der Waals surface area (Å²) in [6.45, 7) is 3.77. The number of esters is 1. The first-order valence-electron chi connectivity index (χ1n) is 12.4. The Kier molecular flexibility index (Phi) is 9.34. The second-order valence-electron chi connectivity index (χ2n) is 9.02. The topological polar surface area (TPSA) is 26.3 Å². The van der Waals surface area contributed by atoms with Crippen LogP contribution in [0.3, 0.4) is 0 Å². The summed E-state index contributed by atoms with van der Waals surface area (Å²) in [7, 11) is 0. The van der Waals surface area contributed by atoms with Crippen molar-refractivity contribution in [3.05, 3.63) is 78.4 Å². The van der Waals surface area contributed by atoms with E-state index in [1.807, 2.05) is 6.07 Å². The van der Waals surface area contributed by atoms with E-state index in [1.165, 1.54) is 74.1 Å². The van der Waals surface area contributed by atoms with E-state index >= 15 is 0 Å². The van der Waals surface area contributed by atoms with Crippen molar-refractivity contribution in [1.82, 2.24) is 0 Å². The van der Waals surface area contributed by atoms with Crippen molar-refractivity contribution in [1.29, 1.82) is 0 Å². The largest absolute Gasteiger partial charge is 0.455 e. The number of carbonyl (C=O) groups excluding carboxylic acids is 1. The molecule has 1 atom stereocenters. The molecule has 2 heteroatoms. The molecule has 0 saturated heterocycles. The Hall–Kier alpha value is -2.61. The van der Waals surface area contributed by atoms with Crippen molar-refractivity contribution < 1.29 is 9.53 Å². The van der Waals surface area contributed by atoms with E-state index in [0.717, 1.165) is 19.3 Å². The van der Waals surface area contributed by atoms with Gasteiger partial charge in [-0.05, 0) is 41.2 Å². The molecule has 2 nitrogen and oxygen atoms in total. The molecular formula is C30H38O2. The molecule has 0 fully saturated rings. The van der Waals surface area contributed by atoms with Crippen LogP contribution in [0.5, 0.6) is 0 Å². The Labute approximate surface area is 194 Å². The molecular weight excluding hydrogens is 392 g/mol. The molecule has 2 aromatic carbocycles. The number of allylic oxidation sites excluding steroid dienone is 2. The van der Waals surface area contributed by atoms with Crippen LogP contribution in [0.4, 0.5) is 0 Å². The summed E-state index contributed by atoms with van der Waals surface area (Å²) < 4.78 is 5.83. The first-order valence-corrected chi connectivity index (χ1v) is 12.4. The maximum absolute atomic E-state index is 11.8. The number of ether oxygens (including phenoxy) is 1. The van der Waals surface area contributed by atoms with Crippen LogP contribution in [-0.4, -0.2) is 11.6 Å². The standard InChI is InChI=1S/C30H38O2/c1-3-4-5-6-7-8-9-13-22-30(32-25(2)31)23-20-29(21-24-30)28-18-16-27(17-19-28)26-14-11-10-12-15-26/h10-12,14-21,23H,3-9,13,22,24H2,1-2H3. The van der Waals surface area contributed by atoms with Gasteiger partial charge in [-0.2, -0.15) is 0 Å². The quantitative estimate of drug-likeness (QED) is 0.249. The molecule has 3 rings (SSSR count). The summed E-state index contributed by atoms with van der Waals surface area (Å²) in [5.41, 5.74) is 4.36. The molecule has 0 aromatic heterocycles. The van der Waals surface area contributed by atoms with Gasteiger partial charge in [-0.15, -0.1) is 0 Å². The Morgan fingerprint density at radius 1 is 0.812 bits per heavy atom. The molecule has 0 heterocycles. The second-order valence-corrected chi connectivity index (χ2v) is 9.02. The molecule has 2 aromatic rings. The van der Waals surface area contributed by atoms with Gasteiger partial charge >= 0.3 is 5.97 Å². The van der Waals surface area contributed by atoms with Crippen LogP contribution in [0.1, 0.15) is 83.6 Å². The van der Waals surface area contributed by atoms with Crippen molar-refractivity contribution in [2.24, 2.45) is 0 Å². The maximum atomic E-state index is 11.8. The van der Waals surface area contributed by atoms with Crippen molar-refractivity contribution in [3.8, 4) is 11.1 Å².